The summed E-state index contributed by atoms with van der Waals surface area (Å²) in [4.78, 5) is 9.05. The highest BCUT2D eigenvalue weighted by atomic mass is 15.2. The lowest BCUT2D eigenvalue weighted by molar-refractivity contribution is 0.327. The van der Waals surface area contributed by atoms with Crippen LogP contribution >= 0.6 is 0 Å². The molecule has 1 atom stereocenters. The van der Waals surface area contributed by atoms with Crippen LogP contribution < -0.4 is 5.32 Å². The molecule has 3 rings (SSSR count). The molecule has 1 unspecified atom stereocenters. The van der Waals surface area contributed by atoms with Gasteiger partial charge in [0.15, 0.2) is 0 Å². The van der Waals surface area contributed by atoms with E-state index in [-0.39, 0.29) is 5.54 Å². The average molecular weight is 244 g/mol. The van der Waals surface area contributed by atoms with Gasteiger partial charge in [-0.2, -0.15) is 0 Å². The first-order valence-corrected chi connectivity index (χ1v) is 6.79. The lowest BCUT2D eigenvalue weighted by Crippen LogP contribution is -2.39. The number of imidazole rings is 1. The van der Waals surface area contributed by atoms with Gasteiger partial charge in [0.1, 0.15) is 5.82 Å². The summed E-state index contributed by atoms with van der Waals surface area (Å²) in [6.07, 6.45) is 8.47. The average Bonchev–Trinajstić information content (AvgIpc) is 2.97. The van der Waals surface area contributed by atoms with Gasteiger partial charge in [0.25, 0.3) is 0 Å². The molecule has 1 aliphatic rings. The largest absolute Gasteiger partial charge is 0.328 e. The second kappa shape index (κ2) is 4.35. The zero-order valence-corrected chi connectivity index (χ0v) is 11.1. The molecule has 1 aliphatic heterocycles. The molecule has 1 N–H and O–H groups in total. The van der Waals surface area contributed by atoms with Gasteiger partial charge in [0, 0.05) is 13.2 Å². The molecule has 1 saturated heterocycles. The fourth-order valence-corrected chi connectivity index (χ4v) is 3.21. The van der Waals surface area contributed by atoms with Crippen molar-refractivity contribution in [3.05, 3.63) is 24.3 Å². The van der Waals surface area contributed by atoms with Crippen molar-refractivity contribution in [1.82, 2.24) is 19.9 Å². The molecule has 3 heterocycles. The molecule has 18 heavy (non-hydrogen) atoms. The highest BCUT2D eigenvalue weighted by Crippen LogP contribution is 2.35. The molecule has 4 nitrogen and oxygen atoms in total. The summed E-state index contributed by atoms with van der Waals surface area (Å²) in [5.74, 6) is 1.17. The zero-order valence-electron chi connectivity index (χ0n) is 11.1. The van der Waals surface area contributed by atoms with Gasteiger partial charge in [-0.05, 0) is 31.9 Å². The van der Waals surface area contributed by atoms with Crippen LogP contribution in [-0.2, 0) is 12.6 Å². The molecule has 0 aromatic carbocycles. The van der Waals surface area contributed by atoms with Crippen molar-refractivity contribution >= 4 is 11.0 Å². The van der Waals surface area contributed by atoms with Crippen molar-refractivity contribution in [2.45, 2.75) is 38.1 Å². The fourth-order valence-electron chi connectivity index (χ4n) is 3.21. The third kappa shape index (κ3) is 1.63. The van der Waals surface area contributed by atoms with Crippen molar-refractivity contribution < 1.29 is 0 Å². The van der Waals surface area contributed by atoms with Crippen molar-refractivity contribution in [2.75, 3.05) is 6.54 Å². The molecule has 0 aliphatic carbocycles. The summed E-state index contributed by atoms with van der Waals surface area (Å²) in [6.45, 7) is 3.34. The predicted octanol–water partition coefficient (Wildman–Crippen LogP) is 2.35. The van der Waals surface area contributed by atoms with Crippen LogP contribution in [0.5, 0.6) is 0 Å². The second-order valence-electron chi connectivity index (χ2n) is 5.22. The van der Waals surface area contributed by atoms with Crippen molar-refractivity contribution in [2.24, 2.45) is 7.05 Å². The van der Waals surface area contributed by atoms with Crippen molar-refractivity contribution in [3.63, 3.8) is 0 Å². The molecule has 0 bridgehead atoms. The topological polar surface area (TPSA) is 42.7 Å². The first-order valence-electron chi connectivity index (χ1n) is 6.79. The summed E-state index contributed by atoms with van der Waals surface area (Å²) in [5.41, 5.74) is 2.24. The smallest absolute Gasteiger partial charge is 0.130 e. The van der Waals surface area contributed by atoms with E-state index in [2.05, 4.69) is 28.8 Å². The van der Waals surface area contributed by atoms with Gasteiger partial charge in [0.2, 0.25) is 0 Å². The third-order valence-corrected chi connectivity index (χ3v) is 4.03. The summed E-state index contributed by atoms with van der Waals surface area (Å²) < 4.78 is 2.20. The molecule has 2 aromatic heterocycles. The zero-order chi connectivity index (χ0) is 12.6. The van der Waals surface area contributed by atoms with Crippen molar-refractivity contribution in [1.29, 1.82) is 0 Å². The maximum atomic E-state index is 4.85. The Labute approximate surface area is 107 Å². The number of aryl methyl sites for hydroxylation is 1. The predicted molar refractivity (Wildman–Crippen MR) is 72.3 cm³/mol. The Balaban J connectivity index is 2.14. The van der Waals surface area contributed by atoms with E-state index < -0.39 is 0 Å². The van der Waals surface area contributed by atoms with E-state index in [1.54, 1.807) is 0 Å². The van der Waals surface area contributed by atoms with Crippen LogP contribution in [0.25, 0.3) is 11.0 Å². The van der Waals surface area contributed by atoms with E-state index in [0.717, 1.165) is 24.0 Å². The minimum atomic E-state index is 0.0719. The van der Waals surface area contributed by atoms with Gasteiger partial charge in [-0.25, -0.2) is 4.98 Å². The van der Waals surface area contributed by atoms with Crippen LogP contribution in [0.4, 0.5) is 0 Å². The monoisotopic (exact) mass is 244 g/mol. The standard InChI is InChI=1S/C14H20N4/c1-3-6-14(7-4-8-16-14)13-17-11-5-9-15-10-12(11)18(13)2/h5,9-10,16H,3-4,6-8H2,1-2H3. The summed E-state index contributed by atoms with van der Waals surface area (Å²) in [5, 5.41) is 3.69. The number of pyridine rings is 1. The Hall–Kier alpha value is -1.42. The van der Waals surface area contributed by atoms with Crippen LogP contribution in [0, 0.1) is 0 Å². The number of hydrogen-bond donors (Lipinski definition) is 1. The van der Waals surface area contributed by atoms with Crippen LogP contribution in [0.3, 0.4) is 0 Å². The minimum absolute atomic E-state index is 0.0719. The van der Waals surface area contributed by atoms with Gasteiger partial charge in [0.05, 0.1) is 22.8 Å². The van der Waals surface area contributed by atoms with Crippen molar-refractivity contribution in [3.8, 4) is 0 Å². The number of hydrogen-bond acceptors (Lipinski definition) is 3. The van der Waals surface area contributed by atoms with E-state index in [0.29, 0.717) is 0 Å². The van der Waals surface area contributed by atoms with E-state index in [4.69, 9.17) is 4.98 Å². The highest BCUT2D eigenvalue weighted by Gasteiger charge is 2.38. The Morgan fingerprint density at radius 3 is 3.06 bits per heavy atom. The number of nitrogens with one attached hydrogen (secondary N) is 1. The highest BCUT2D eigenvalue weighted by molar-refractivity contribution is 5.74. The first-order chi connectivity index (χ1) is 8.77. The SMILES string of the molecule is CCCC1(c2nc3ccncc3n2C)CCCN1. The minimum Gasteiger partial charge on any atom is -0.328 e. The quantitative estimate of drug-likeness (QED) is 0.901. The Morgan fingerprint density at radius 1 is 1.50 bits per heavy atom. The normalized spacial score (nSPS) is 23.9. The van der Waals surface area contributed by atoms with E-state index in [1.807, 2.05) is 18.5 Å². The Morgan fingerprint density at radius 2 is 2.39 bits per heavy atom. The molecule has 0 amide bonds. The maximum absolute atomic E-state index is 4.85. The lowest BCUT2D eigenvalue weighted by Gasteiger charge is -2.28. The maximum Gasteiger partial charge on any atom is 0.130 e. The fraction of sp³-hybridized carbons (Fsp3) is 0.571. The molecular weight excluding hydrogens is 224 g/mol. The lowest BCUT2D eigenvalue weighted by atomic mass is 9.91. The van der Waals surface area contributed by atoms with Crippen LogP contribution in [0.1, 0.15) is 38.4 Å². The Bertz CT molecular complexity index is 552. The second-order valence-corrected chi connectivity index (χ2v) is 5.22. The molecule has 0 radical (unpaired) electrons. The summed E-state index contributed by atoms with van der Waals surface area (Å²) in [7, 11) is 2.10. The number of nitrogens with zero attached hydrogens (tertiary/aromatic N) is 3. The van der Waals surface area contributed by atoms with Gasteiger partial charge in [-0.15, -0.1) is 0 Å². The molecule has 2 aromatic rings. The first kappa shape index (κ1) is 11.7. The molecule has 0 saturated carbocycles. The van der Waals surface area contributed by atoms with E-state index in [1.165, 1.54) is 25.1 Å². The molecule has 1 fully saturated rings. The van der Waals surface area contributed by atoms with Crippen LogP contribution in [0.2, 0.25) is 0 Å². The summed E-state index contributed by atoms with van der Waals surface area (Å²) in [6, 6.07) is 1.99. The van der Waals surface area contributed by atoms with E-state index in [9.17, 15) is 0 Å². The molecule has 4 heteroatoms. The number of rotatable bonds is 3. The number of fused-ring (bicyclic) bond motifs is 1. The Kier molecular flexibility index (Phi) is 2.82. The van der Waals surface area contributed by atoms with E-state index >= 15 is 0 Å². The van der Waals surface area contributed by atoms with Crippen LogP contribution in [-0.4, -0.2) is 21.1 Å². The molecule has 0 spiro atoms. The van der Waals surface area contributed by atoms with Gasteiger partial charge in [-0.3, -0.25) is 4.98 Å². The van der Waals surface area contributed by atoms with Gasteiger partial charge >= 0.3 is 0 Å². The molecular formula is C14H20N4. The summed E-state index contributed by atoms with van der Waals surface area (Å²) >= 11 is 0. The third-order valence-electron chi connectivity index (χ3n) is 4.03. The molecule has 96 valence electrons. The van der Waals surface area contributed by atoms with Crippen LogP contribution in [0.15, 0.2) is 18.5 Å². The van der Waals surface area contributed by atoms with Gasteiger partial charge < -0.3 is 9.88 Å². The number of aromatic nitrogens is 3. The van der Waals surface area contributed by atoms with Gasteiger partial charge in [-0.1, -0.05) is 13.3 Å².